The van der Waals surface area contributed by atoms with Gasteiger partial charge in [-0.3, -0.25) is 4.18 Å². The molecule has 0 fully saturated rings. The van der Waals surface area contributed by atoms with Crippen molar-refractivity contribution in [1.29, 1.82) is 0 Å². The summed E-state index contributed by atoms with van der Waals surface area (Å²) in [5.41, 5.74) is 0.520. The molecule has 0 saturated carbocycles. The Kier molecular flexibility index (Phi) is 2.46. The molecule has 68 valence electrons. The van der Waals surface area contributed by atoms with Gasteiger partial charge in [-0.15, -0.1) is 0 Å². The van der Waals surface area contributed by atoms with Gasteiger partial charge < -0.3 is 4.57 Å². The molecule has 1 rings (SSSR count). The van der Waals surface area contributed by atoms with Crippen LogP contribution in [-0.2, 0) is 28.1 Å². The smallest absolute Gasteiger partial charge is 0.333 e. The highest BCUT2D eigenvalue weighted by Crippen LogP contribution is 1.97. The largest absolute Gasteiger partial charge is 0.340 e. The molecule has 2 N–H and O–H groups in total. The van der Waals surface area contributed by atoms with E-state index in [2.05, 4.69) is 14.3 Å². The molecule has 0 bridgehead atoms. The Morgan fingerprint density at radius 3 is 2.83 bits per heavy atom. The number of imidazole rings is 1. The molecule has 1 aromatic rings. The first-order valence-electron chi connectivity index (χ1n) is 3.11. The van der Waals surface area contributed by atoms with Gasteiger partial charge in [-0.2, -0.15) is 8.42 Å². The lowest BCUT2D eigenvalue weighted by Crippen LogP contribution is -2.15. The maximum atomic E-state index is 10.3. The summed E-state index contributed by atoms with van der Waals surface area (Å²) >= 11 is 0. The van der Waals surface area contributed by atoms with Gasteiger partial charge in [0.15, 0.2) is 0 Å². The highest BCUT2D eigenvalue weighted by Gasteiger charge is 2.04. The van der Waals surface area contributed by atoms with Gasteiger partial charge in [-0.25, -0.2) is 10.1 Å². The van der Waals surface area contributed by atoms with Gasteiger partial charge in [-0.05, 0) is 0 Å². The van der Waals surface area contributed by atoms with E-state index in [-0.39, 0.29) is 6.61 Å². The zero-order valence-electron chi connectivity index (χ0n) is 6.47. The van der Waals surface area contributed by atoms with Crippen LogP contribution in [0.1, 0.15) is 5.69 Å². The molecule has 0 saturated heterocycles. The van der Waals surface area contributed by atoms with E-state index in [9.17, 15) is 8.42 Å². The van der Waals surface area contributed by atoms with Crippen LogP contribution in [-0.4, -0.2) is 18.0 Å². The van der Waals surface area contributed by atoms with Crippen molar-refractivity contribution in [3.8, 4) is 0 Å². The van der Waals surface area contributed by atoms with E-state index in [0.29, 0.717) is 5.69 Å². The van der Waals surface area contributed by atoms with Gasteiger partial charge in [0.25, 0.3) is 0 Å². The van der Waals surface area contributed by atoms with E-state index < -0.39 is 10.3 Å². The number of hydrogen-bond acceptors (Lipinski definition) is 4. The number of hydrogen-bond donors (Lipinski definition) is 1. The molecule has 1 aromatic heterocycles. The van der Waals surface area contributed by atoms with E-state index in [1.54, 1.807) is 24.1 Å². The molecule has 0 unspecified atom stereocenters. The van der Waals surface area contributed by atoms with Crippen molar-refractivity contribution in [2.75, 3.05) is 0 Å². The first-order chi connectivity index (χ1) is 5.47. The first-order valence-corrected chi connectivity index (χ1v) is 4.58. The van der Waals surface area contributed by atoms with Crippen LogP contribution >= 0.6 is 0 Å². The summed E-state index contributed by atoms with van der Waals surface area (Å²) < 4.78 is 26.6. The van der Waals surface area contributed by atoms with Gasteiger partial charge in [0.1, 0.15) is 6.61 Å². The Morgan fingerprint density at radius 1 is 1.75 bits per heavy atom. The summed E-state index contributed by atoms with van der Waals surface area (Å²) in [6.45, 7) is -0.125. The lowest BCUT2D eigenvalue weighted by atomic mass is 10.5. The molecule has 0 amide bonds. The van der Waals surface area contributed by atoms with Gasteiger partial charge in [-0.1, -0.05) is 0 Å². The van der Waals surface area contributed by atoms with E-state index in [0.717, 1.165) is 0 Å². The van der Waals surface area contributed by atoms with Gasteiger partial charge in [0.2, 0.25) is 0 Å². The van der Waals surface area contributed by atoms with Gasteiger partial charge in [0.05, 0.1) is 12.0 Å². The maximum absolute atomic E-state index is 10.3. The maximum Gasteiger partial charge on any atom is 0.333 e. The quantitative estimate of drug-likeness (QED) is 0.673. The van der Waals surface area contributed by atoms with E-state index in [1.807, 2.05) is 0 Å². The Balaban J connectivity index is 2.55. The second-order valence-corrected chi connectivity index (χ2v) is 3.51. The SMILES string of the molecule is Cn1cnc(COS(N)(=O)=O)c1. The van der Waals surface area contributed by atoms with Gasteiger partial charge in [0, 0.05) is 13.2 Å². The molecule has 1 heterocycles. The van der Waals surface area contributed by atoms with Gasteiger partial charge >= 0.3 is 10.3 Å². The van der Waals surface area contributed by atoms with E-state index >= 15 is 0 Å². The third-order valence-corrected chi connectivity index (χ3v) is 1.58. The van der Waals surface area contributed by atoms with Crippen molar-refractivity contribution in [3.63, 3.8) is 0 Å². The highest BCUT2D eigenvalue weighted by atomic mass is 32.2. The minimum absolute atomic E-state index is 0.125. The van der Waals surface area contributed by atoms with Crippen LogP contribution in [0.5, 0.6) is 0 Å². The third kappa shape index (κ3) is 2.99. The minimum atomic E-state index is -3.86. The highest BCUT2D eigenvalue weighted by molar-refractivity contribution is 7.84. The average molecular weight is 191 g/mol. The fourth-order valence-corrected chi connectivity index (χ4v) is 0.969. The number of aromatic nitrogens is 2. The predicted molar refractivity (Wildman–Crippen MR) is 41.1 cm³/mol. The monoisotopic (exact) mass is 191 g/mol. The lowest BCUT2D eigenvalue weighted by molar-refractivity contribution is 0.304. The Bertz CT molecular complexity index is 356. The number of nitrogens with zero attached hydrogens (tertiary/aromatic N) is 2. The predicted octanol–water partition coefficient (Wildman–Crippen LogP) is -0.860. The average Bonchev–Trinajstić information content (AvgIpc) is 2.30. The van der Waals surface area contributed by atoms with Crippen LogP contribution in [0.2, 0.25) is 0 Å². The second-order valence-electron chi connectivity index (χ2n) is 2.29. The topological polar surface area (TPSA) is 87.2 Å². The zero-order chi connectivity index (χ0) is 9.19. The summed E-state index contributed by atoms with van der Waals surface area (Å²) in [4.78, 5) is 3.84. The molecule has 0 aromatic carbocycles. The normalized spacial score (nSPS) is 11.8. The Hall–Kier alpha value is -0.920. The van der Waals surface area contributed by atoms with Crippen molar-refractivity contribution in [3.05, 3.63) is 18.2 Å². The van der Waals surface area contributed by atoms with Crippen LogP contribution in [0.4, 0.5) is 0 Å². The van der Waals surface area contributed by atoms with Crippen LogP contribution in [0, 0.1) is 0 Å². The summed E-state index contributed by atoms with van der Waals surface area (Å²) in [5.74, 6) is 0. The fraction of sp³-hybridized carbons (Fsp3) is 0.400. The van der Waals surface area contributed by atoms with Crippen LogP contribution < -0.4 is 5.14 Å². The van der Waals surface area contributed by atoms with E-state index in [1.165, 1.54) is 0 Å². The first kappa shape index (κ1) is 9.17. The Morgan fingerprint density at radius 2 is 2.42 bits per heavy atom. The minimum Gasteiger partial charge on any atom is -0.340 e. The summed E-state index contributed by atoms with van der Waals surface area (Å²) in [7, 11) is -2.09. The standard InChI is InChI=1S/C5H9N3O3S/c1-8-2-5(7-4-8)3-11-12(6,9)10/h2,4H,3H2,1H3,(H2,6,9,10). The van der Waals surface area contributed by atoms with Crippen LogP contribution in [0.3, 0.4) is 0 Å². The molecule has 12 heavy (non-hydrogen) atoms. The zero-order valence-corrected chi connectivity index (χ0v) is 7.28. The molecule has 0 atom stereocenters. The molecule has 0 aliphatic rings. The molecule has 0 radical (unpaired) electrons. The molecule has 0 aliphatic heterocycles. The molecular formula is C5H9N3O3S. The van der Waals surface area contributed by atoms with Crippen molar-refractivity contribution < 1.29 is 12.6 Å². The third-order valence-electron chi connectivity index (χ3n) is 1.13. The fourth-order valence-electron chi connectivity index (χ4n) is 0.684. The van der Waals surface area contributed by atoms with E-state index in [4.69, 9.17) is 0 Å². The lowest BCUT2D eigenvalue weighted by Gasteiger charge is -1.95. The second kappa shape index (κ2) is 3.21. The number of aryl methyl sites for hydroxylation is 1. The summed E-state index contributed by atoms with van der Waals surface area (Å²) in [6.07, 6.45) is 3.19. The number of nitrogens with two attached hydrogens (primary N) is 1. The van der Waals surface area contributed by atoms with Crippen molar-refractivity contribution >= 4 is 10.3 Å². The van der Waals surface area contributed by atoms with Crippen LogP contribution in [0.25, 0.3) is 0 Å². The van der Waals surface area contributed by atoms with Crippen molar-refractivity contribution in [2.24, 2.45) is 12.2 Å². The molecular weight excluding hydrogens is 182 g/mol. The molecule has 7 heteroatoms. The molecule has 0 aliphatic carbocycles. The molecule has 6 nitrogen and oxygen atoms in total. The Labute approximate surface area is 70.2 Å². The van der Waals surface area contributed by atoms with Crippen molar-refractivity contribution in [2.45, 2.75) is 6.61 Å². The summed E-state index contributed by atoms with van der Waals surface area (Å²) in [6, 6.07) is 0. The summed E-state index contributed by atoms with van der Waals surface area (Å²) in [5, 5.41) is 4.61. The van der Waals surface area contributed by atoms with Crippen LogP contribution in [0.15, 0.2) is 12.5 Å². The van der Waals surface area contributed by atoms with Crippen molar-refractivity contribution in [1.82, 2.24) is 9.55 Å². The number of rotatable bonds is 3. The molecule has 0 spiro atoms.